The first-order valence-electron chi connectivity index (χ1n) is 10.6. The van der Waals surface area contributed by atoms with Gasteiger partial charge in [-0.15, -0.1) is 0 Å². The molecule has 0 radical (unpaired) electrons. The lowest BCUT2D eigenvalue weighted by molar-refractivity contribution is -0.159. The van der Waals surface area contributed by atoms with Gasteiger partial charge in [0.15, 0.2) is 0 Å². The van der Waals surface area contributed by atoms with Crippen molar-refractivity contribution in [2.24, 2.45) is 0 Å². The number of rotatable bonds is 12. The third-order valence-corrected chi connectivity index (χ3v) is 4.53. The van der Waals surface area contributed by atoms with Crippen LogP contribution in [0.25, 0.3) is 0 Å². The van der Waals surface area contributed by atoms with Crippen LogP contribution in [0.1, 0.15) is 77.6 Å². The standard InChI is InChI=1S/C18H36N2O2.C2H2O4/c1-2-3-4-5-6-7-9-13-19-18(21)22-17-12-16-20-14-10-8-11-15-20;3-1(4)2(5)6/h2-17H2,1H3,(H,19,21);(H,3,4)(H,5,6). The van der Waals surface area contributed by atoms with Gasteiger partial charge in [-0.3, -0.25) is 0 Å². The van der Waals surface area contributed by atoms with Crippen LogP contribution in [0, 0.1) is 0 Å². The zero-order valence-electron chi connectivity index (χ0n) is 17.3. The summed E-state index contributed by atoms with van der Waals surface area (Å²) in [5.41, 5.74) is 0. The summed E-state index contributed by atoms with van der Waals surface area (Å²) in [6.45, 7) is 7.01. The molecule has 164 valence electrons. The maximum Gasteiger partial charge on any atom is 0.414 e. The molecule has 0 aromatic heterocycles. The topological polar surface area (TPSA) is 116 Å². The van der Waals surface area contributed by atoms with E-state index >= 15 is 0 Å². The molecular weight excluding hydrogens is 364 g/mol. The molecule has 0 aromatic rings. The van der Waals surface area contributed by atoms with Gasteiger partial charge >= 0.3 is 18.0 Å². The molecule has 0 aliphatic carbocycles. The molecule has 8 nitrogen and oxygen atoms in total. The highest BCUT2D eigenvalue weighted by atomic mass is 16.5. The van der Waals surface area contributed by atoms with Crippen molar-refractivity contribution in [1.82, 2.24) is 10.2 Å². The third-order valence-electron chi connectivity index (χ3n) is 4.53. The van der Waals surface area contributed by atoms with E-state index in [0.29, 0.717) is 6.61 Å². The molecule has 0 atom stereocenters. The molecule has 3 N–H and O–H groups in total. The molecule has 1 aliphatic heterocycles. The second-order valence-electron chi connectivity index (χ2n) is 7.05. The van der Waals surface area contributed by atoms with Crippen molar-refractivity contribution < 1.29 is 29.3 Å². The van der Waals surface area contributed by atoms with E-state index in [4.69, 9.17) is 24.5 Å². The maximum atomic E-state index is 11.5. The van der Waals surface area contributed by atoms with Crippen LogP contribution in [-0.4, -0.2) is 65.9 Å². The normalized spacial score (nSPS) is 13.9. The number of amides is 1. The van der Waals surface area contributed by atoms with Crippen molar-refractivity contribution in [3.63, 3.8) is 0 Å². The summed E-state index contributed by atoms with van der Waals surface area (Å²) in [6, 6.07) is 0. The molecule has 0 saturated carbocycles. The second-order valence-corrected chi connectivity index (χ2v) is 7.05. The maximum absolute atomic E-state index is 11.5. The molecule has 8 heteroatoms. The second kappa shape index (κ2) is 18.5. The van der Waals surface area contributed by atoms with Crippen LogP contribution in [-0.2, 0) is 14.3 Å². The Balaban J connectivity index is 0.00000105. The number of unbranched alkanes of at least 4 members (excludes halogenated alkanes) is 6. The van der Waals surface area contributed by atoms with Gasteiger partial charge in [-0.1, -0.05) is 51.9 Å². The highest BCUT2D eigenvalue weighted by molar-refractivity contribution is 6.27. The predicted octanol–water partition coefficient (Wildman–Crippen LogP) is 3.49. The molecule has 1 rings (SSSR count). The highest BCUT2D eigenvalue weighted by Gasteiger charge is 2.09. The van der Waals surface area contributed by atoms with Crippen molar-refractivity contribution in [2.75, 3.05) is 32.8 Å². The lowest BCUT2D eigenvalue weighted by Crippen LogP contribution is -2.32. The van der Waals surface area contributed by atoms with Crippen molar-refractivity contribution in [2.45, 2.75) is 77.6 Å². The molecule has 1 aliphatic rings. The Labute approximate surface area is 168 Å². The number of nitrogens with zero attached hydrogens (tertiary/aromatic N) is 1. The monoisotopic (exact) mass is 402 g/mol. The molecule has 0 unspecified atom stereocenters. The Bertz CT molecular complexity index is 413. The Morgan fingerprint density at radius 1 is 0.857 bits per heavy atom. The minimum atomic E-state index is -1.82. The Morgan fingerprint density at radius 3 is 2.00 bits per heavy atom. The lowest BCUT2D eigenvalue weighted by Gasteiger charge is -2.26. The molecule has 1 fully saturated rings. The SMILES string of the molecule is CCCCCCCCCNC(=O)OCCCN1CCCCC1.O=C(O)C(=O)O. The summed E-state index contributed by atoms with van der Waals surface area (Å²) >= 11 is 0. The van der Waals surface area contributed by atoms with Gasteiger partial charge in [0.05, 0.1) is 6.61 Å². The molecular formula is C20H38N2O6. The van der Waals surface area contributed by atoms with Crippen molar-refractivity contribution in [3.05, 3.63) is 0 Å². The lowest BCUT2D eigenvalue weighted by atomic mass is 10.1. The fourth-order valence-electron chi connectivity index (χ4n) is 2.96. The van der Waals surface area contributed by atoms with E-state index in [2.05, 4.69) is 17.1 Å². The van der Waals surface area contributed by atoms with Crippen molar-refractivity contribution >= 4 is 18.0 Å². The number of aliphatic carboxylic acids is 2. The van der Waals surface area contributed by atoms with Gasteiger partial charge in [-0.05, 0) is 38.8 Å². The van der Waals surface area contributed by atoms with E-state index in [-0.39, 0.29) is 6.09 Å². The summed E-state index contributed by atoms with van der Waals surface area (Å²) in [6.07, 6.45) is 13.6. The summed E-state index contributed by atoms with van der Waals surface area (Å²) in [7, 11) is 0. The minimum absolute atomic E-state index is 0.246. The zero-order valence-corrected chi connectivity index (χ0v) is 17.3. The van der Waals surface area contributed by atoms with E-state index in [1.165, 1.54) is 70.9 Å². The number of alkyl carbamates (subject to hydrolysis) is 1. The molecule has 0 spiro atoms. The fourth-order valence-corrected chi connectivity index (χ4v) is 2.96. The number of nitrogens with one attached hydrogen (secondary N) is 1. The van der Waals surface area contributed by atoms with E-state index in [1.54, 1.807) is 0 Å². The number of piperidine rings is 1. The summed E-state index contributed by atoms with van der Waals surface area (Å²) < 4.78 is 5.22. The molecule has 1 heterocycles. The molecule has 28 heavy (non-hydrogen) atoms. The quantitative estimate of drug-likeness (QED) is 0.338. The predicted molar refractivity (Wildman–Crippen MR) is 108 cm³/mol. The van der Waals surface area contributed by atoms with Crippen molar-refractivity contribution in [3.8, 4) is 0 Å². The highest BCUT2D eigenvalue weighted by Crippen LogP contribution is 2.08. The first-order valence-corrected chi connectivity index (χ1v) is 10.6. The number of likely N-dealkylation sites (tertiary alicyclic amines) is 1. The Morgan fingerprint density at radius 2 is 1.43 bits per heavy atom. The van der Waals surface area contributed by atoms with Crippen LogP contribution in [0.4, 0.5) is 4.79 Å². The molecule has 1 amide bonds. The van der Waals surface area contributed by atoms with Crippen LogP contribution in [0.15, 0.2) is 0 Å². The number of carbonyl (C=O) groups excluding carboxylic acids is 1. The number of carboxylic acids is 2. The summed E-state index contributed by atoms with van der Waals surface area (Å²) in [5.74, 6) is -3.65. The van der Waals surface area contributed by atoms with Crippen LogP contribution < -0.4 is 5.32 Å². The number of hydrogen-bond donors (Lipinski definition) is 3. The fraction of sp³-hybridized carbons (Fsp3) is 0.850. The smallest absolute Gasteiger partial charge is 0.414 e. The third kappa shape index (κ3) is 17.6. The van der Waals surface area contributed by atoms with Crippen LogP contribution in [0.3, 0.4) is 0 Å². The van der Waals surface area contributed by atoms with Gasteiger partial charge in [0.2, 0.25) is 0 Å². The molecule has 1 saturated heterocycles. The minimum Gasteiger partial charge on any atom is -0.473 e. The van der Waals surface area contributed by atoms with E-state index in [0.717, 1.165) is 25.9 Å². The largest absolute Gasteiger partial charge is 0.473 e. The van der Waals surface area contributed by atoms with Gasteiger partial charge < -0.3 is 25.2 Å². The Kier molecular flexibility index (Phi) is 17.3. The van der Waals surface area contributed by atoms with E-state index in [1.807, 2.05) is 0 Å². The Hall–Kier alpha value is -1.83. The van der Waals surface area contributed by atoms with E-state index in [9.17, 15) is 4.79 Å². The van der Waals surface area contributed by atoms with Gasteiger partial charge in [0, 0.05) is 13.1 Å². The van der Waals surface area contributed by atoms with Crippen LogP contribution in [0.2, 0.25) is 0 Å². The first kappa shape index (κ1) is 26.2. The number of carbonyl (C=O) groups is 3. The van der Waals surface area contributed by atoms with Crippen molar-refractivity contribution in [1.29, 1.82) is 0 Å². The zero-order chi connectivity index (χ0) is 21.0. The number of hydrogen-bond acceptors (Lipinski definition) is 5. The van der Waals surface area contributed by atoms with Gasteiger partial charge in [0.1, 0.15) is 0 Å². The van der Waals surface area contributed by atoms with Gasteiger partial charge in [-0.2, -0.15) is 0 Å². The number of ether oxygens (including phenoxy) is 1. The van der Waals surface area contributed by atoms with Gasteiger partial charge in [-0.25, -0.2) is 14.4 Å². The first-order chi connectivity index (χ1) is 13.5. The summed E-state index contributed by atoms with van der Waals surface area (Å²) in [5, 5.41) is 17.6. The molecule has 0 bridgehead atoms. The average Bonchev–Trinajstić information content (AvgIpc) is 2.68. The molecule has 0 aromatic carbocycles. The van der Waals surface area contributed by atoms with Gasteiger partial charge in [0.25, 0.3) is 0 Å². The van der Waals surface area contributed by atoms with E-state index < -0.39 is 11.9 Å². The number of carboxylic acid groups (broad SMARTS) is 2. The average molecular weight is 403 g/mol. The van der Waals surface area contributed by atoms with Crippen LogP contribution >= 0.6 is 0 Å². The summed E-state index contributed by atoms with van der Waals surface area (Å²) in [4.78, 5) is 32.2. The van der Waals surface area contributed by atoms with Crippen LogP contribution in [0.5, 0.6) is 0 Å².